The number of carbonyl (C=O) groups is 1. The SMILES string of the molecule is COCc1nc(C)ncc1OC[C@@]1(c2ccc(F)c(F)c2)CC1C(=O)Nc1cc(F)ccc1F. The lowest BCUT2D eigenvalue weighted by Crippen LogP contribution is -2.27. The molecular formula is C24H21F4N3O3. The molecule has 1 aliphatic carbocycles. The average Bonchev–Trinajstić information content (AvgIpc) is 3.54. The molecule has 2 aromatic carbocycles. The lowest BCUT2D eigenvalue weighted by Gasteiger charge is -2.20. The summed E-state index contributed by atoms with van der Waals surface area (Å²) in [5.74, 6) is -4.16. The number of aryl methyl sites for hydroxylation is 1. The van der Waals surface area contributed by atoms with Crippen LogP contribution in [0.15, 0.2) is 42.6 Å². The third kappa shape index (κ3) is 4.72. The molecule has 6 nitrogen and oxygen atoms in total. The molecule has 0 spiro atoms. The molecule has 0 radical (unpaired) electrons. The zero-order chi connectivity index (χ0) is 24.5. The van der Waals surface area contributed by atoms with Gasteiger partial charge < -0.3 is 14.8 Å². The summed E-state index contributed by atoms with van der Waals surface area (Å²) in [5.41, 5.74) is -0.518. The minimum atomic E-state index is -1.07. The third-order valence-electron chi connectivity index (χ3n) is 5.79. The Hall–Kier alpha value is -3.53. The minimum Gasteiger partial charge on any atom is -0.489 e. The molecule has 2 atom stereocenters. The van der Waals surface area contributed by atoms with Crippen molar-refractivity contribution >= 4 is 11.6 Å². The Labute approximate surface area is 192 Å². The highest BCUT2D eigenvalue weighted by atomic mass is 19.2. The predicted octanol–water partition coefficient (Wildman–Crippen LogP) is 4.46. The van der Waals surface area contributed by atoms with Crippen LogP contribution < -0.4 is 10.1 Å². The second-order valence-electron chi connectivity index (χ2n) is 8.11. The number of rotatable bonds is 8. The van der Waals surface area contributed by atoms with E-state index in [0.717, 1.165) is 30.3 Å². The molecule has 0 aliphatic heterocycles. The van der Waals surface area contributed by atoms with Gasteiger partial charge in [-0.25, -0.2) is 27.5 Å². The van der Waals surface area contributed by atoms with E-state index < -0.39 is 40.5 Å². The van der Waals surface area contributed by atoms with E-state index in [0.29, 0.717) is 22.8 Å². The maximum Gasteiger partial charge on any atom is 0.228 e. The summed E-state index contributed by atoms with van der Waals surface area (Å²) >= 11 is 0. The molecule has 1 fully saturated rings. The van der Waals surface area contributed by atoms with Gasteiger partial charge in [0, 0.05) is 18.6 Å². The quantitative estimate of drug-likeness (QED) is 0.487. The summed E-state index contributed by atoms with van der Waals surface area (Å²) in [6.45, 7) is 1.77. The van der Waals surface area contributed by atoms with E-state index in [1.54, 1.807) is 6.92 Å². The van der Waals surface area contributed by atoms with E-state index in [1.165, 1.54) is 19.4 Å². The Morgan fingerprint density at radius 3 is 2.62 bits per heavy atom. The average molecular weight is 475 g/mol. The highest BCUT2D eigenvalue weighted by Crippen LogP contribution is 2.55. The smallest absolute Gasteiger partial charge is 0.228 e. The van der Waals surface area contributed by atoms with Crippen molar-refractivity contribution in [3.05, 3.63) is 82.9 Å². The van der Waals surface area contributed by atoms with Gasteiger partial charge in [-0.05, 0) is 43.2 Å². The van der Waals surface area contributed by atoms with Crippen LogP contribution in [0.3, 0.4) is 0 Å². The number of hydrogen-bond acceptors (Lipinski definition) is 5. The van der Waals surface area contributed by atoms with Gasteiger partial charge >= 0.3 is 0 Å². The molecule has 1 aliphatic rings. The number of amides is 1. The lowest BCUT2D eigenvalue weighted by atomic mass is 9.93. The number of anilines is 1. The van der Waals surface area contributed by atoms with Crippen molar-refractivity contribution in [2.75, 3.05) is 19.0 Å². The number of benzene rings is 2. The topological polar surface area (TPSA) is 73.3 Å². The number of hydrogen-bond donors (Lipinski definition) is 1. The first-order valence-corrected chi connectivity index (χ1v) is 10.4. The van der Waals surface area contributed by atoms with Crippen LogP contribution in [0.1, 0.15) is 23.5 Å². The van der Waals surface area contributed by atoms with E-state index >= 15 is 0 Å². The van der Waals surface area contributed by atoms with Gasteiger partial charge in [0.2, 0.25) is 5.91 Å². The van der Waals surface area contributed by atoms with Crippen molar-refractivity contribution in [3.8, 4) is 5.75 Å². The number of carbonyl (C=O) groups excluding carboxylic acids is 1. The van der Waals surface area contributed by atoms with Gasteiger partial charge in [-0.2, -0.15) is 0 Å². The first-order valence-electron chi connectivity index (χ1n) is 10.4. The maximum absolute atomic E-state index is 14.0. The summed E-state index contributed by atoms with van der Waals surface area (Å²) in [6.07, 6.45) is 1.68. The van der Waals surface area contributed by atoms with E-state index in [4.69, 9.17) is 9.47 Å². The van der Waals surface area contributed by atoms with Gasteiger partial charge in [0.05, 0.1) is 31.0 Å². The van der Waals surface area contributed by atoms with Gasteiger partial charge in [-0.3, -0.25) is 4.79 Å². The van der Waals surface area contributed by atoms with Crippen molar-refractivity contribution in [3.63, 3.8) is 0 Å². The van der Waals surface area contributed by atoms with Crippen LogP contribution in [0.5, 0.6) is 5.75 Å². The molecule has 1 heterocycles. The molecule has 4 rings (SSSR count). The molecule has 34 heavy (non-hydrogen) atoms. The molecule has 3 aromatic rings. The van der Waals surface area contributed by atoms with E-state index in [2.05, 4.69) is 15.3 Å². The zero-order valence-corrected chi connectivity index (χ0v) is 18.4. The molecule has 1 amide bonds. The highest BCUT2D eigenvalue weighted by Gasteiger charge is 2.60. The number of nitrogens with one attached hydrogen (secondary N) is 1. The second kappa shape index (κ2) is 9.38. The van der Waals surface area contributed by atoms with Gasteiger partial charge in [0.15, 0.2) is 17.4 Å². The Morgan fingerprint density at radius 1 is 1.12 bits per heavy atom. The number of halogens is 4. The van der Waals surface area contributed by atoms with Crippen molar-refractivity contribution < 1.29 is 31.8 Å². The fourth-order valence-corrected chi connectivity index (χ4v) is 3.90. The highest BCUT2D eigenvalue weighted by molar-refractivity contribution is 5.96. The normalized spacial score (nSPS) is 19.1. The van der Waals surface area contributed by atoms with Gasteiger partial charge in [0.1, 0.15) is 23.2 Å². The van der Waals surface area contributed by atoms with Crippen molar-refractivity contribution in [1.82, 2.24) is 9.97 Å². The number of methoxy groups -OCH3 is 1. The molecular weight excluding hydrogens is 454 g/mol. The predicted molar refractivity (Wildman–Crippen MR) is 114 cm³/mol. The largest absolute Gasteiger partial charge is 0.489 e. The summed E-state index contributed by atoms with van der Waals surface area (Å²) in [6, 6.07) is 6.06. The van der Waals surface area contributed by atoms with E-state index in [9.17, 15) is 22.4 Å². The Bertz CT molecular complexity index is 1240. The van der Waals surface area contributed by atoms with Crippen LogP contribution in [0.2, 0.25) is 0 Å². The van der Waals surface area contributed by atoms with Crippen LogP contribution in [0, 0.1) is 36.1 Å². The van der Waals surface area contributed by atoms with Crippen molar-refractivity contribution in [2.45, 2.75) is 25.4 Å². The fraction of sp³-hybridized carbons (Fsp3) is 0.292. The Kier molecular flexibility index (Phi) is 6.52. The first-order chi connectivity index (χ1) is 16.2. The van der Waals surface area contributed by atoms with Crippen LogP contribution in [0.4, 0.5) is 23.2 Å². The van der Waals surface area contributed by atoms with Crippen LogP contribution >= 0.6 is 0 Å². The molecule has 0 saturated heterocycles. The lowest BCUT2D eigenvalue weighted by molar-refractivity contribution is -0.117. The molecule has 1 N–H and O–H groups in total. The van der Waals surface area contributed by atoms with Crippen LogP contribution in [-0.4, -0.2) is 29.6 Å². The van der Waals surface area contributed by atoms with Gasteiger partial charge in [0.25, 0.3) is 0 Å². The monoisotopic (exact) mass is 475 g/mol. The van der Waals surface area contributed by atoms with Crippen LogP contribution in [-0.2, 0) is 21.6 Å². The van der Waals surface area contributed by atoms with Gasteiger partial charge in [-0.1, -0.05) is 6.07 Å². The van der Waals surface area contributed by atoms with Crippen molar-refractivity contribution in [1.29, 1.82) is 0 Å². The molecule has 1 saturated carbocycles. The first kappa shape index (κ1) is 23.6. The zero-order valence-electron chi connectivity index (χ0n) is 18.4. The van der Waals surface area contributed by atoms with E-state index in [1.807, 2.05) is 0 Å². The molecule has 1 unspecified atom stereocenters. The summed E-state index contributed by atoms with van der Waals surface area (Å²) < 4.78 is 66.2. The second-order valence-corrected chi connectivity index (χ2v) is 8.11. The maximum atomic E-state index is 14.0. The number of aromatic nitrogens is 2. The third-order valence-corrected chi connectivity index (χ3v) is 5.79. The summed E-state index contributed by atoms with van der Waals surface area (Å²) in [5, 5.41) is 2.38. The van der Waals surface area contributed by atoms with E-state index in [-0.39, 0.29) is 25.3 Å². The summed E-state index contributed by atoms with van der Waals surface area (Å²) in [4.78, 5) is 21.3. The standard InChI is InChI=1S/C24H21F4N3O3/c1-13-29-10-22(21(30-13)11-33-2)34-12-24(14-3-5-17(26)19(28)7-14)9-16(24)23(32)31-20-8-15(25)4-6-18(20)27/h3-8,10,16H,9,11-12H2,1-2H3,(H,31,32)/t16?,24-/m1/s1. The Morgan fingerprint density at radius 2 is 1.88 bits per heavy atom. The molecule has 178 valence electrons. The summed E-state index contributed by atoms with van der Waals surface area (Å²) in [7, 11) is 1.50. The van der Waals surface area contributed by atoms with Gasteiger partial charge in [-0.15, -0.1) is 0 Å². The Balaban J connectivity index is 1.61. The fourth-order valence-electron chi connectivity index (χ4n) is 3.90. The molecule has 0 bridgehead atoms. The van der Waals surface area contributed by atoms with Crippen molar-refractivity contribution in [2.24, 2.45) is 5.92 Å². The van der Waals surface area contributed by atoms with Crippen LogP contribution in [0.25, 0.3) is 0 Å². The number of ether oxygens (including phenoxy) is 2. The molecule has 10 heteroatoms. The number of nitrogens with zero attached hydrogens (tertiary/aromatic N) is 2. The molecule has 1 aromatic heterocycles. The minimum absolute atomic E-state index is 0.0923.